The van der Waals surface area contributed by atoms with Crippen LogP contribution in [0.15, 0.2) is 24.3 Å². The molecule has 2 atom stereocenters. The molecule has 0 heterocycles. The van der Waals surface area contributed by atoms with E-state index in [0.717, 1.165) is 0 Å². The normalized spacial score (nSPS) is 15.1. The zero-order valence-electron chi connectivity index (χ0n) is 12.1. The van der Waals surface area contributed by atoms with Gasteiger partial charge in [-0.25, -0.2) is 4.39 Å². The van der Waals surface area contributed by atoms with Crippen molar-refractivity contribution in [3.05, 3.63) is 30.1 Å². The molecule has 20 heavy (non-hydrogen) atoms. The van der Waals surface area contributed by atoms with E-state index in [1.165, 1.54) is 18.2 Å². The summed E-state index contributed by atoms with van der Waals surface area (Å²) < 4.78 is 18.4. The standard InChI is InChI=1S/C15H19FN2O2/c1-10(2)15(4,9-17)18-14(19)11(3)20-13-7-5-6-12(16)8-13/h5-8,10-11H,1-4H3,(H,18,19). The highest BCUT2D eigenvalue weighted by Gasteiger charge is 2.32. The van der Waals surface area contributed by atoms with Gasteiger partial charge in [0.1, 0.15) is 17.1 Å². The van der Waals surface area contributed by atoms with Crippen molar-refractivity contribution in [1.82, 2.24) is 5.32 Å². The quantitative estimate of drug-likeness (QED) is 0.900. The third-order valence-corrected chi connectivity index (χ3v) is 3.25. The van der Waals surface area contributed by atoms with E-state index >= 15 is 0 Å². The molecule has 5 heteroatoms. The first-order chi connectivity index (χ1) is 9.28. The fourth-order valence-corrected chi connectivity index (χ4v) is 1.46. The summed E-state index contributed by atoms with van der Waals surface area (Å²) in [6.07, 6.45) is -0.816. The van der Waals surface area contributed by atoms with Crippen molar-refractivity contribution in [2.75, 3.05) is 0 Å². The van der Waals surface area contributed by atoms with Crippen molar-refractivity contribution >= 4 is 5.91 Å². The third kappa shape index (κ3) is 3.95. The van der Waals surface area contributed by atoms with Gasteiger partial charge in [0.15, 0.2) is 6.10 Å². The van der Waals surface area contributed by atoms with Gasteiger partial charge in [-0.15, -0.1) is 0 Å². The fourth-order valence-electron chi connectivity index (χ4n) is 1.46. The Kier molecular flexibility index (Phi) is 5.09. The Morgan fingerprint density at radius 2 is 2.10 bits per heavy atom. The van der Waals surface area contributed by atoms with Crippen molar-refractivity contribution < 1.29 is 13.9 Å². The summed E-state index contributed by atoms with van der Waals surface area (Å²) >= 11 is 0. The Bertz CT molecular complexity index is 525. The van der Waals surface area contributed by atoms with E-state index in [4.69, 9.17) is 10.00 Å². The van der Waals surface area contributed by atoms with Crippen molar-refractivity contribution in [3.63, 3.8) is 0 Å². The SMILES string of the molecule is CC(Oc1cccc(F)c1)C(=O)NC(C)(C#N)C(C)C. The van der Waals surface area contributed by atoms with Gasteiger partial charge in [-0.3, -0.25) is 4.79 Å². The molecule has 0 bridgehead atoms. The number of ether oxygens (including phenoxy) is 1. The molecule has 0 aliphatic heterocycles. The number of nitriles is 1. The number of hydrogen-bond donors (Lipinski definition) is 1. The maximum absolute atomic E-state index is 13.0. The lowest BCUT2D eigenvalue weighted by atomic mass is 9.90. The average molecular weight is 278 g/mol. The lowest BCUT2D eigenvalue weighted by Gasteiger charge is -2.28. The zero-order chi connectivity index (χ0) is 15.3. The topological polar surface area (TPSA) is 62.1 Å². The van der Waals surface area contributed by atoms with Crippen LogP contribution in [0.25, 0.3) is 0 Å². The number of rotatable bonds is 5. The molecule has 108 valence electrons. The number of amides is 1. The summed E-state index contributed by atoms with van der Waals surface area (Å²) in [5.41, 5.74) is -0.962. The van der Waals surface area contributed by atoms with Crippen LogP contribution in [0, 0.1) is 23.1 Å². The Morgan fingerprint density at radius 1 is 1.45 bits per heavy atom. The smallest absolute Gasteiger partial charge is 0.262 e. The maximum Gasteiger partial charge on any atom is 0.262 e. The van der Waals surface area contributed by atoms with Crippen molar-refractivity contribution in [2.24, 2.45) is 5.92 Å². The van der Waals surface area contributed by atoms with Gasteiger partial charge in [0, 0.05) is 6.07 Å². The minimum Gasteiger partial charge on any atom is -0.481 e. The van der Waals surface area contributed by atoms with Gasteiger partial charge in [0.2, 0.25) is 0 Å². The first-order valence-electron chi connectivity index (χ1n) is 6.44. The molecule has 0 saturated heterocycles. The Balaban J connectivity index is 2.71. The summed E-state index contributed by atoms with van der Waals surface area (Å²) in [5.74, 6) is -0.611. The van der Waals surface area contributed by atoms with Gasteiger partial charge >= 0.3 is 0 Å². The number of carbonyl (C=O) groups excluding carboxylic acids is 1. The summed E-state index contributed by atoms with van der Waals surface area (Å²) in [6, 6.07) is 7.66. The highest BCUT2D eigenvalue weighted by molar-refractivity contribution is 5.81. The Labute approximate surface area is 118 Å². The van der Waals surface area contributed by atoms with Crippen molar-refractivity contribution in [1.29, 1.82) is 5.26 Å². The highest BCUT2D eigenvalue weighted by atomic mass is 19.1. The molecule has 0 aliphatic rings. The van der Waals surface area contributed by atoms with Gasteiger partial charge in [0.25, 0.3) is 5.91 Å². The molecule has 4 nitrogen and oxygen atoms in total. The Morgan fingerprint density at radius 3 is 2.60 bits per heavy atom. The van der Waals surface area contributed by atoms with Gasteiger partial charge in [-0.05, 0) is 31.9 Å². The number of nitrogens with zero attached hydrogens (tertiary/aromatic N) is 1. The summed E-state index contributed by atoms with van der Waals surface area (Å²) in [4.78, 5) is 12.0. The van der Waals surface area contributed by atoms with Gasteiger partial charge in [-0.1, -0.05) is 19.9 Å². The first kappa shape index (κ1) is 16.0. The summed E-state index contributed by atoms with van der Waals surface area (Å²) in [6.45, 7) is 6.91. The molecule has 0 spiro atoms. The molecule has 0 radical (unpaired) electrons. The van der Waals surface area contributed by atoms with E-state index in [1.54, 1.807) is 19.9 Å². The fraction of sp³-hybridized carbons (Fsp3) is 0.467. The molecule has 1 N–H and O–H groups in total. The van der Waals surface area contributed by atoms with Crippen LogP contribution < -0.4 is 10.1 Å². The van der Waals surface area contributed by atoms with E-state index in [1.807, 2.05) is 13.8 Å². The van der Waals surface area contributed by atoms with E-state index in [0.29, 0.717) is 0 Å². The predicted molar refractivity (Wildman–Crippen MR) is 73.5 cm³/mol. The van der Waals surface area contributed by atoms with Crippen LogP contribution in [-0.2, 0) is 4.79 Å². The van der Waals surface area contributed by atoms with Crippen LogP contribution in [-0.4, -0.2) is 17.6 Å². The molecule has 1 amide bonds. The number of halogens is 1. The van der Waals surface area contributed by atoms with Gasteiger partial charge in [-0.2, -0.15) is 5.26 Å². The molecule has 0 aliphatic carbocycles. The van der Waals surface area contributed by atoms with Crippen LogP contribution in [0.3, 0.4) is 0 Å². The maximum atomic E-state index is 13.0. The second-order valence-corrected chi connectivity index (χ2v) is 5.18. The van der Waals surface area contributed by atoms with Gasteiger partial charge < -0.3 is 10.1 Å². The number of nitrogens with one attached hydrogen (secondary N) is 1. The number of carbonyl (C=O) groups is 1. The van der Waals surface area contributed by atoms with E-state index in [9.17, 15) is 9.18 Å². The predicted octanol–water partition coefficient (Wildman–Crippen LogP) is 2.65. The molecular formula is C15H19FN2O2. The Hall–Kier alpha value is -2.09. The van der Waals surface area contributed by atoms with Crippen LogP contribution in [0.1, 0.15) is 27.7 Å². The second-order valence-electron chi connectivity index (χ2n) is 5.18. The van der Waals surface area contributed by atoms with E-state index in [2.05, 4.69) is 11.4 Å². The third-order valence-electron chi connectivity index (χ3n) is 3.25. The number of benzene rings is 1. The summed E-state index contributed by atoms with van der Waals surface area (Å²) in [5, 5.41) is 11.8. The largest absolute Gasteiger partial charge is 0.481 e. The van der Waals surface area contributed by atoms with Crippen LogP contribution >= 0.6 is 0 Å². The molecule has 1 rings (SSSR count). The monoisotopic (exact) mass is 278 g/mol. The lowest BCUT2D eigenvalue weighted by Crippen LogP contribution is -2.52. The number of hydrogen-bond acceptors (Lipinski definition) is 3. The molecule has 2 unspecified atom stereocenters. The molecule has 0 fully saturated rings. The average Bonchev–Trinajstić information content (AvgIpc) is 2.38. The molecular weight excluding hydrogens is 259 g/mol. The van der Waals surface area contributed by atoms with Crippen LogP contribution in [0.4, 0.5) is 4.39 Å². The van der Waals surface area contributed by atoms with E-state index in [-0.39, 0.29) is 11.7 Å². The highest BCUT2D eigenvalue weighted by Crippen LogP contribution is 2.17. The van der Waals surface area contributed by atoms with Crippen LogP contribution in [0.5, 0.6) is 5.75 Å². The van der Waals surface area contributed by atoms with Crippen molar-refractivity contribution in [2.45, 2.75) is 39.3 Å². The first-order valence-corrected chi connectivity index (χ1v) is 6.44. The molecule has 0 saturated carbocycles. The zero-order valence-corrected chi connectivity index (χ0v) is 12.1. The minimum atomic E-state index is -0.962. The minimum absolute atomic E-state index is 0.0437. The second kappa shape index (κ2) is 6.38. The van der Waals surface area contributed by atoms with Gasteiger partial charge in [0.05, 0.1) is 6.07 Å². The van der Waals surface area contributed by atoms with Crippen molar-refractivity contribution in [3.8, 4) is 11.8 Å². The molecule has 1 aromatic rings. The molecule has 0 aromatic heterocycles. The lowest BCUT2D eigenvalue weighted by molar-refractivity contribution is -0.129. The summed E-state index contributed by atoms with van der Waals surface area (Å²) in [7, 11) is 0. The molecule has 1 aromatic carbocycles. The van der Waals surface area contributed by atoms with Crippen LogP contribution in [0.2, 0.25) is 0 Å². The van der Waals surface area contributed by atoms with E-state index < -0.39 is 23.4 Å².